The van der Waals surface area contributed by atoms with Crippen LogP contribution < -0.4 is 4.74 Å². The molecule has 2 aliphatic heterocycles. The Kier molecular flexibility index (Phi) is 4.90. The van der Waals surface area contributed by atoms with E-state index in [1.807, 2.05) is 31.2 Å². The number of aromatic hydroxyl groups is 1. The van der Waals surface area contributed by atoms with Crippen LogP contribution in [0.5, 0.6) is 11.5 Å². The van der Waals surface area contributed by atoms with E-state index in [4.69, 9.17) is 4.74 Å². The number of benzene rings is 2. The second-order valence-corrected chi connectivity index (χ2v) is 11.9. The van der Waals surface area contributed by atoms with Crippen molar-refractivity contribution in [3.8, 4) is 11.5 Å². The molecule has 0 radical (unpaired) electrons. The Labute approximate surface area is 217 Å². The lowest BCUT2D eigenvalue weighted by atomic mass is 9.48. The average molecular weight is 503 g/mol. The second kappa shape index (κ2) is 7.81. The monoisotopic (exact) mass is 502 g/mol. The normalized spacial score (nSPS) is 33.4. The Bertz CT molecular complexity index is 1320. The maximum Gasteiger partial charge on any atom is 0.261 e. The minimum absolute atomic E-state index is 0.0465. The summed E-state index contributed by atoms with van der Waals surface area (Å²) in [6, 6.07) is 10.4. The van der Waals surface area contributed by atoms with Crippen LogP contribution in [0.1, 0.15) is 66.1 Å². The van der Waals surface area contributed by atoms with Crippen molar-refractivity contribution in [3.63, 3.8) is 0 Å². The van der Waals surface area contributed by atoms with Crippen molar-refractivity contribution in [2.75, 3.05) is 13.1 Å². The molecule has 2 N–H and O–H groups in total. The lowest BCUT2D eigenvalue weighted by Gasteiger charge is -2.64. The van der Waals surface area contributed by atoms with Crippen molar-refractivity contribution in [1.82, 2.24) is 9.80 Å². The van der Waals surface area contributed by atoms with Crippen molar-refractivity contribution in [3.05, 3.63) is 58.7 Å². The number of carbonyl (C=O) groups excluding carboxylic acids is 2. The van der Waals surface area contributed by atoms with E-state index in [2.05, 4.69) is 4.90 Å². The molecule has 194 valence electrons. The largest absolute Gasteiger partial charge is 0.504 e. The van der Waals surface area contributed by atoms with Gasteiger partial charge in [0.25, 0.3) is 5.91 Å². The molecular weight excluding hydrogens is 468 g/mol. The fourth-order valence-electron chi connectivity index (χ4n) is 8.19. The van der Waals surface area contributed by atoms with Crippen molar-refractivity contribution in [2.45, 2.75) is 81.6 Å². The van der Waals surface area contributed by atoms with Crippen LogP contribution in [0.3, 0.4) is 0 Å². The highest BCUT2D eigenvalue weighted by Crippen LogP contribution is 2.66. The number of imide groups is 1. The van der Waals surface area contributed by atoms with Crippen molar-refractivity contribution in [2.24, 2.45) is 5.92 Å². The lowest BCUT2D eigenvalue weighted by Crippen LogP contribution is -2.78. The van der Waals surface area contributed by atoms with Crippen molar-refractivity contribution < 1.29 is 24.5 Å². The number of nitrogens with zero attached hydrogens (tertiary/aromatic N) is 2. The van der Waals surface area contributed by atoms with Gasteiger partial charge in [0.05, 0.1) is 17.1 Å². The summed E-state index contributed by atoms with van der Waals surface area (Å²) in [6.45, 7) is 5.14. The van der Waals surface area contributed by atoms with Gasteiger partial charge in [-0.25, -0.2) is 0 Å². The Morgan fingerprint density at radius 3 is 2.65 bits per heavy atom. The van der Waals surface area contributed by atoms with Gasteiger partial charge in [-0.1, -0.05) is 24.3 Å². The molecule has 37 heavy (non-hydrogen) atoms. The molecule has 2 heterocycles. The zero-order valence-corrected chi connectivity index (χ0v) is 21.4. The van der Waals surface area contributed by atoms with E-state index in [9.17, 15) is 19.8 Å². The van der Waals surface area contributed by atoms with Gasteiger partial charge in [-0.05, 0) is 81.2 Å². The standard InChI is InChI=1S/C30H34N2O5/c1-17-5-3-4-6-21(17)28(35)32(18(2)33)22-11-12-30(36)24-15-20-9-10-23(34)26-25(20)29(30,27(22)37-26)13-14-31(24)16-19-7-8-19/h3-6,9-10,19,22,24,27,34,36H,7-8,11-16H2,1-2H3/t22-,24+,27-,29-,30+/m0/s1. The first-order valence-electron chi connectivity index (χ1n) is 13.6. The van der Waals surface area contributed by atoms with E-state index >= 15 is 0 Å². The van der Waals surface area contributed by atoms with E-state index in [1.165, 1.54) is 24.7 Å². The van der Waals surface area contributed by atoms with Gasteiger partial charge in [-0.15, -0.1) is 0 Å². The zero-order chi connectivity index (χ0) is 25.7. The second-order valence-electron chi connectivity index (χ2n) is 11.9. The number of aryl methyl sites for hydroxylation is 1. The fourth-order valence-corrected chi connectivity index (χ4v) is 8.19. The van der Waals surface area contributed by atoms with Gasteiger partial charge < -0.3 is 14.9 Å². The minimum Gasteiger partial charge on any atom is -0.504 e. The van der Waals surface area contributed by atoms with Gasteiger partial charge in [0, 0.05) is 30.6 Å². The number of likely N-dealkylation sites (tertiary alicyclic amines) is 1. The fraction of sp³-hybridized carbons (Fsp3) is 0.533. The maximum absolute atomic E-state index is 13.9. The third-order valence-electron chi connectivity index (χ3n) is 10.00. The number of hydrogen-bond acceptors (Lipinski definition) is 6. The highest BCUT2D eigenvalue weighted by molar-refractivity contribution is 6.05. The number of piperidine rings is 1. The maximum atomic E-state index is 13.9. The Morgan fingerprint density at radius 2 is 1.92 bits per heavy atom. The molecule has 1 spiro atoms. The summed E-state index contributed by atoms with van der Waals surface area (Å²) in [5.41, 5.74) is 1.48. The van der Waals surface area contributed by atoms with E-state index in [1.54, 1.807) is 12.1 Å². The summed E-state index contributed by atoms with van der Waals surface area (Å²) in [5, 5.41) is 23.5. The van der Waals surface area contributed by atoms with E-state index in [-0.39, 0.29) is 23.6 Å². The molecule has 2 bridgehead atoms. The first kappa shape index (κ1) is 23.2. The number of amides is 2. The highest BCUT2D eigenvalue weighted by atomic mass is 16.5. The summed E-state index contributed by atoms with van der Waals surface area (Å²) < 4.78 is 6.59. The number of phenolic OH excluding ortho intramolecular Hbond substituents is 1. The van der Waals surface area contributed by atoms with Crippen molar-refractivity contribution >= 4 is 11.8 Å². The van der Waals surface area contributed by atoms with Crippen molar-refractivity contribution in [1.29, 1.82) is 0 Å². The first-order chi connectivity index (χ1) is 17.8. The molecule has 0 unspecified atom stereocenters. The van der Waals surface area contributed by atoms with Gasteiger partial charge in [-0.3, -0.25) is 19.4 Å². The Hall–Kier alpha value is -2.90. The molecule has 2 aromatic carbocycles. The smallest absolute Gasteiger partial charge is 0.261 e. The summed E-state index contributed by atoms with van der Waals surface area (Å²) >= 11 is 0. The number of rotatable bonds is 4. The number of ether oxygens (including phenoxy) is 1. The molecule has 3 aliphatic carbocycles. The molecule has 2 amide bonds. The van der Waals surface area contributed by atoms with E-state index < -0.39 is 23.2 Å². The Balaban J connectivity index is 1.36. The summed E-state index contributed by atoms with van der Waals surface area (Å²) in [4.78, 5) is 30.8. The topological polar surface area (TPSA) is 90.3 Å². The number of carbonyl (C=O) groups is 2. The van der Waals surface area contributed by atoms with Crippen LogP contribution in [-0.2, 0) is 16.6 Å². The Morgan fingerprint density at radius 1 is 1.14 bits per heavy atom. The molecule has 2 aromatic rings. The van der Waals surface area contributed by atoms with Crippen LogP contribution >= 0.6 is 0 Å². The van der Waals surface area contributed by atoms with Gasteiger partial charge in [0.15, 0.2) is 11.5 Å². The molecule has 3 fully saturated rings. The van der Waals surface area contributed by atoms with E-state index in [0.717, 1.165) is 29.8 Å². The number of aliphatic hydroxyl groups is 1. The van der Waals surface area contributed by atoms with Gasteiger partial charge in [0.1, 0.15) is 6.10 Å². The molecule has 2 saturated carbocycles. The lowest BCUT2D eigenvalue weighted by molar-refractivity contribution is -0.199. The molecule has 7 rings (SSSR count). The first-order valence-corrected chi connectivity index (χ1v) is 13.6. The highest BCUT2D eigenvalue weighted by Gasteiger charge is 2.73. The van der Waals surface area contributed by atoms with Crippen LogP contribution in [-0.4, -0.2) is 68.7 Å². The minimum atomic E-state index is -1.05. The summed E-state index contributed by atoms with van der Waals surface area (Å²) in [5.74, 6) is 0.528. The molecule has 5 aliphatic rings. The van der Waals surface area contributed by atoms with Crippen LogP contribution in [0.2, 0.25) is 0 Å². The van der Waals surface area contributed by atoms with Gasteiger partial charge in [0.2, 0.25) is 5.91 Å². The van der Waals surface area contributed by atoms with E-state index in [0.29, 0.717) is 42.9 Å². The van der Waals surface area contributed by atoms with Crippen LogP contribution in [0.15, 0.2) is 36.4 Å². The van der Waals surface area contributed by atoms with Crippen LogP contribution in [0, 0.1) is 12.8 Å². The third-order valence-corrected chi connectivity index (χ3v) is 10.00. The molecule has 0 aromatic heterocycles. The third kappa shape index (κ3) is 3.01. The molecule has 5 atom stereocenters. The molecule has 7 heteroatoms. The summed E-state index contributed by atoms with van der Waals surface area (Å²) in [6.07, 6.45) is 4.21. The molecular formula is C30H34N2O5. The number of hydrogen-bond donors (Lipinski definition) is 2. The quantitative estimate of drug-likeness (QED) is 0.667. The van der Waals surface area contributed by atoms with Gasteiger partial charge in [-0.2, -0.15) is 0 Å². The average Bonchev–Trinajstić information content (AvgIpc) is 3.61. The summed E-state index contributed by atoms with van der Waals surface area (Å²) in [7, 11) is 0. The van der Waals surface area contributed by atoms with Gasteiger partial charge >= 0.3 is 0 Å². The molecule has 1 saturated heterocycles. The van der Waals surface area contributed by atoms with Crippen LogP contribution in [0.4, 0.5) is 0 Å². The predicted octanol–water partition coefficient (Wildman–Crippen LogP) is 3.32. The SMILES string of the molecule is CC(=O)N(C(=O)c1ccccc1C)[C@H]1CC[C@@]2(O)[C@H]3Cc4ccc(O)c5c4[C@@]2(CCN3CC2CC2)[C@H]1O5. The predicted molar refractivity (Wildman–Crippen MR) is 137 cm³/mol. The number of phenols is 1. The zero-order valence-electron chi connectivity index (χ0n) is 21.4. The molecule has 7 nitrogen and oxygen atoms in total. The van der Waals surface area contributed by atoms with Crippen LogP contribution in [0.25, 0.3) is 0 Å².